The standard InChI is InChI=1S/C24H30N6O2/c1-16(2)23(31)29-10-7-20-19(15-29)24(32)30-22(26-20)11-21(27-30)18-6-4-9-28(14-18)13-17-5-3-8-25-12-17/h3,5,8,11-12,16,18,27H,4,6-7,9-10,13-15H2,1-2H3/t18-/m0/s1. The summed E-state index contributed by atoms with van der Waals surface area (Å²) in [4.78, 5) is 38.9. The summed E-state index contributed by atoms with van der Waals surface area (Å²) in [5, 5.41) is 3.33. The molecule has 1 amide bonds. The second-order valence-corrected chi connectivity index (χ2v) is 9.35. The molecular formula is C24H30N6O2. The van der Waals surface area contributed by atoms with Crippen molar-refractivity contribution in [2.75, 3.05) is 19.6 Å². The van der Waals surface area contributed by atoms with E-state index in [0.717, 1.165) is 43.9 Å². The van der Waals surface area contributed by atoms with Gasteiger partial charge in [-0.25, -0.2) is 9.50 Å². The molecule has 2 aliphatic heterocycles. The first-order chi connectivity index (χ1) is 15.5. The maximum Gasteiger partial charge on any atom is 0.277 e. The molecule has 8 nitrogen and oxygen atoms in total. The summed E-state index contributed by atoms with van der Waals surface area (Å²) in [5.74, 6) is 0.342. The fourth-order valence-electron chi connectivity index (χ4n) is 4.97. The van der Waals surface area contributed by atoms with E-state index in [-0.39, 0.29) is 17.4 Å². The molecule has 1 N–H and O–H groups in total. The average Bonchev–Trinajstić information content (AvgIpc) is 3.24. The number of aromatic nitrogens is 4. The van der Waals surface area contributed by atoms with Gasteiger partial charge in [0.05, 0.1) is 17.8 Å². The minimum Gasteiger partial charge on any atom is -0.337 e. The van der Waals surface area contributed by atoms with Crippen LogP contribution in [0.2, 0.25) is 0 Å². The lowest BCUT2D eigenvalue weighted by Crippen LogP contribution is -2.41. The van der Waals surface area contributed by atoms with Gasteiger partial charge in [-0.05, 0) is 31.0 Å². The van der Waals surface area contributed by atoms with Crippen LogP contribution in [0.15, 0.2) is 35.4 Å². The zero-order valence-electron chi connectivity index (χ0n) is 18.8. The van der Waals surface area contributed by atoms with E-state index >= 15 is 0 Å². The quantitative estimate of drug-likeness (QED) is 0.681. The summed E-state index contributed by atoms with van der Waals surface area (Å²) in [6.45, 7) is 7.64. The number of H-pyrrole nitrogens is 1. The molecule has 0 aliphatic carbocycles. The number of pyridine rings is 1. The monoisotopic (exact) mass is 434 g/mol. The van der Waals surface area contributed by atoms with Crippen LogP contribution in [0.4, 0.5) is 0 Å². The van der Waals surface area contributed by atoms with E-state index in [1.807, 2.05) is 32.2 Å². The Hall–Kier alpha value is -3.00. The Bertz CT molecular complexity index is 1180. The molecule has 0 spiro atoms. The molecule has 0 bridgehead atoms. The van der Waals surface area contributed by atoms with Gasteiger partial charge in [0, 0.05) is 62.0 Å². The third-order valence-corrected chi connectivity index (χ3v) is 6.66. The van der Waals surface area contributed by atoms with Crippen molar-refractivity contribution in [1.82, 2.24) is 29.4 Å². The van der Waals surface area contributed by atoms with Crippen LogP contribution < -0.4 is 5.56 Å². The number of likely N-dealkylation sites (tertiary alicyclic amines) is 1. The minimum atomic E-state index is -0.0828. The lowest BCUT2D eigenvalue weighted by Gasteiger charge is -2.32. The van der Waals surface area contributed by atoms with E-state index in [1.165, 1.54) is 5.56 Å². The number of rotatable bonds is 4. The predicted molar refractivity (Wildman–Crippen MR) is 121 cm³/mol. The Morgan fingerprint density at radius 1 is 1.31 bits per heavy atom. The molecule has 3 aromatic heterocycles. The van der Waals surface area contributed by atoms with E-state index in [4.69, 9.17) is 4.98 Å². The van der Waals surface area contributed by atoms with Crippen molar-refractivity contribution < 1.29 is 4.79 Å². The molecule has 5 rings (SSSR count). The van der Waals surface area contributed by atoms with Gasteiger partial charge in [0.15, 0.2) is 5.65 Å². The van der Waals surface area contributed by atoms with E-state index in [2.05, 4.69) is 21.0 Å². The summed E-state index contributed by atoms with van der Waals surface area (Å²) < 4.78 is 1.57. The fourth-order valence-corrected chi connectivity index (χ4v) is 4.97. The summed E-state index contributed by atoms with van der Waals surface area (Å²) in [6.07, 6.45) is 6.55. The zero-order valence-corrected chi connectivity index (χ0v) is 18.8. The van der Waals surface area contributed by atoms with E-state index < -0.39 is 0 Å². The number of nitrogens with zero attached hydrogens (tertiary/aromatic N) is 5. The van der Waals surface area contributed by atoms with Crippen molar-refractivity contribution in [3.63, 3.8) is 0 Å². The Morgan fingerprint density at radius 3 is 2.97 bits per heavy atom. The molecule has 5 heterocycles. The van der Waals surface area contributed by atoms with Gasteiger partial charge in [-0.15, -0.1) is 0 Å². The van der Waals surface area contributed by atoms with Crippen LogP contribution in [0, 0.1) is 5.92 Å². The molecule has 168 valence electrons. The van der Waals surface area contributed by atoms with Crippen LogP contribution in [0.3, 0.4) is 0 Å². The van der Waals surface area contributed by atoms with E-state index in [0.29, 0.717) is 36.6 Å². The first-order valence-corrected chi connectivity index (χ1v) is 11.5. The molecule has 3 aromatic rings. The molecule has 1 saturated heterocycles. The second-order valence-electron chi connectivity index (χ2n) is 9.35. The molecule has 0 radical (unpaired) electrons. The predicted octanol–water partition coefficient (Wildman–Crippen LogP) is 2.34. The molecule has 1 atom stereocenters. The van der Waals surface area contributed by atoms with Gasteiger partial charge in [-0.3, -0.25) is 24.6 Å². The fraction of sp³-hybridized carbons (Fsp3) is 0.500. The highest BCUT2D eigenvalue weighted by Crippen LogP contribution is 2.27. The SMILES string of the molecule is CC(C)C(=O)N1CCc2nc3cc([C@H]4CCCN(Cc5cccnc5)C4)[nH]n3c(=O)c2C1. The topological polar surface area (TPSA) is 86.6 Å². The van der Waals surface area contributed by atoms with Crippen molar-refractivity contribution in [2.45, 2.75) is 52.1 Å². The maximum absolute atomic E-state index is 13.2. The van der Waals surface area contributed by atoms with Crippen molar-refractivity contribution in [1.29, 1.82) is 0 Å². The molecule has 0 aromatic carbocycles. The summed E-state index contributed by atoms with van der Waals surface area (Å²) in [7, 11) is 0. The van der Waals surface area contributed by atoms with E-state index in [1.54, 1.807) is 15.6 Å². The van der Waals surface area contributed by atoms with Gasteiger partial charge < -0.3 is 4.90 Å². The van der Waals surface area contributed by atoms with Crippen LogP contribution in [-0.4, -0.2) is 54.9 Å². The normalized spacial score (nSPS) is 19.5. The number of hydrogen-bond acceptors (Lipinski definition) is 5. The van der Waals surface area contributed by atoms with Crippen molar-refractivity contribution in [2.24, 2.45) is 5.92 Å². The van der Waals surface area contributed by atoms with Crippen LogP contribution in [0.5, 0.6) is 0 Å². The Balaban J connectivity index is 1.39. The van der Waals surface area contributed by atoms with Crippen molar-refractivity contribution in [3.8, 4) is 0 Å². The highest BCUT2D eigenvalue weighted by atomic mass is 16.2. The third-order valence-electron chi connectivity index (χ3n) is 6.66. The van der Waals surface area contributed by atoms with Crippen LogP contribution in [0.25, 0.3) is 5.65 Å². The van der Waals surface area contributed by atoms with Crippen molar-refractivity contribution >= 4 is 11.6 Å². The summed E-state index contributed by atoms with van der Waals surface area (Å²) in [6, 6.07) is 6.12. The number of aromatic amines is 1. The van der Waals surface area contributed by atoms with Gasteiger partial charge in [0.1, 0.15) is 0 Å². The lowest BCUT2D eigenvalue weighted by molar-refractivity contribution is -0.135. The van der Waals surface area contributed by atoms with Crippen LogP contribution in [0.1, 0.15) is 55.1 Å². The largest absolute Gasteiger partial charge is 0.337 e. The summed E-state index contributed by atoms with van der Waals surface area (Å²) >= 11 is 0. The maximum atomic E-state index is 13.2. The van der Waals surface area contributed by atoms with Gasteiger partial charge >= 0.3 is 0 Å². The van der Waals surface area contributed by atoms with Gasteiger partial charge in [0.2, 0.25) is 5.91 Å². The minimum absolute atomic E-state index is 0.0750. The van der Waals surface area contributed by atoms with Crippen LogP contribution in [-0.2, 0) is 24.3 Å². The smallest absolute Gasteiger partial charge is 0.277 e. The third kappa shape index (κ3) is 3.95. The number of nitrogens with one attached hydrogen (secondary N) is 1. The average molecular weight is 435 g/mol. The highest BCUT2D eigenvalue weighted by Gasteiger charge is 2.28. The zero-order chi connectivity index (χ0) is 22.2. The van der Waals surface area contributed by atoms with Crippen LogP contribution >= 0.6 is 0 Å². The van der Waals surface area contributed by atoms with Gasteiger partial charge in [0.25, 0.3) is 5.56 Å². The van der Waals surface area contributed by atoms with Crippen molar-refractivity contribution in [3.05, 3.63) is 63.5 Å². The highest BCUT2D eigenvalue weighted by molar-refractivity contribution is 5.78. The molecule has 0 saturated carbocycles. The first kappa shape index (κ1) is 20.9. The Kier molecular flexibility index (Phi) is 5.55. The molecular weight excluding hydrogens is 404 g/mol. The molecule has 1 fully saturated rings. The molecule has 8 heteroatoms. The Labute approximate surface area is 187 Å². The lowest BCUT2D eigenvalue weighted by atomic mass is 9.94. The number of fused-ring (bicyclic) bond motifs is 2. The number of hydrogen-bond donors (Lipinski definition) is 1. The number of carbonyl (C=O) groups is 1. The molecule has 0 unspecified atom stereocenters. The second kappa shape index (κ2) is 8.50. The molecule has 2 aliphatic rings. The van der Waals surface area contributed by atoms with E-state index in [9.17, 15) is 9.59 Å². The summed E-state index contributed by atoms with van der Waals surface area (Å²) in [5.41, 5.74) is 4.34. The number of piperidine rings is 1. The number of amides is 1. The number of carbonyl (C=O) groups excluding carboxylic acids is 1. The molecule has 32 heavy (non-hydrogen) atoms. The Morgan fingerprint density at radius 2 is 2.19 bits per heavy atom. The van der Waals surface area contributed by atoms with Gasteiger partial charge in [-0.2, -0.15) is 0 Å². The van der Waals surface area contributed by atoms with Gasteiger partial charge in [-0.1, -0.05) is 19.9 Å². The first-order valence-electron chi connectivity index (χ1n) is 11.5.